The maximum Gasteiger partial charge on any atom is 0.172 e. The van der Waals surface area contributed by atoms with E-state index >= 15 is 0 Å². The maximum atomic E-state index is 9.45. The van der Waals surface area contributed by atoms with Crippen LogP contribution in [0.5, 0.6) is 5.75 Å². The van der Waals surface area contributed by atoms with Gasteiger partial charge >= 0.3 is 0 Å². The van der Waals surface area contributed by atoms with Crippen LogP contribution in [-0.4, -0.2) is 26.3 Å². The van der Waals surface area contributed by atoms with Crippen molar-refractivity contribution in [1.82, 2.24) is 15.0 Å². The Balaban J connectivity index is 2.00. The van der Waals surface area contributed by atoms with Gasteiger partial charge in [-0.15, -0.1) is 11.3 Å². The number of phenols is 1. The Labute approximate surface area is 134 Å². The molecule has 0 bridgehead atoms. The van der Waals surface area contributed by atoms with Gasteiger partial charge in [-0.3, -0.25) is 4.98 Å². The van der Waals surface area contributed by atoms with E-state index in [1.807, 2.05) is 24.5 Å². The first-order valence-corrected chi connectivity index (χ1v) is 8.68. The molecule has 0 saturated heterocycles. The van der Waals surface area contributed by atoms with E-state index in [2.05, 4.69) is 21.0 Å². The highest BCUT2D eigenvalue weighted by atomic mass is 32.2. The number of aromatic nitrogens is 3. The summed E-state index contributed by atoms with van der Waals surface area (Å²) in [5, 5.41) is 10.4. The number of benzene rings is 1. The summed E-state index contributed by atoms with van der Waals surface area (Å²) < 4.78 is 2.07. The quantitative estimate of drug-likeness (QED) is 0.556. The van der Waals surface area contributed by atoms with Gasteiger partial charge in [0.05, 0.1) is 15.9 Å². The third-order valence-corrected chi connectivity index (χ3v) is 5.38. The monoisotopic (exact) mass is 325 g/mol. The van der Waals surface area contributed by atoms with E-state index in [4.69, 9.17) is 0 Å². The zero-order valence-corrected chi connectivity index (χ0v) is 13.3. The molecule has 0 aliphatic rings. The number of pyridine rings is 2. The summed E-state index contributed by atoms with van der Waals surface area (Å²) in [6.07, 6.45) is 3.77. The molecule has 22 heavy (non-hydrogen) atoms. The molecule has 0 radical (unpaired) electrons. The number of hydrogen-bond donors (Lipinski definition) is 1. The number of aromatic hydroxyl groups is 1. The molecule has 4 aromatic rings. The molecule has 1 N–H and O–H groups in total. The van der Waals surface area contributed by atoms with E-state index in [0.29, 0.717) is 0 Å². The Hall–Kier alpha value is -2.18. The second kappa shape index (κ2) is 5.23. The van der Waals surface area contributed by atoms with Crippen molar-refractivity contribution in [1.29, 1.82) is 0 Å². The average Bonchev–Trinajstić information content (AvgIpc) is 2.95. The first-order chi connectivity index (χ1) is 10.7. The van der Waals surface area contributed by atoms with Gasteiger partial charge in [-0.25, -0.2) is 9.97 Å². The summed E-state index contributed by atoms with van der Waals surface area (Å²) in [5.41, 5.74) is 3.48. The largest absolute Gasteiger partial charge is 0.508 e. The van der Waals surface area contributed by atoms with E-state index < -0.39 is 0 Å². The van der Waals surface area contributed by atoms with Crippen LogP contribution >= 0.6 is 23.1 Å². The van der Waals surface area contributed by atoms with E-state index in [1.165, 1.54) is 0 Å². The smallest absolute Gasteiger partial charge is 0.172 e. The zero-order valence-electron chi connectivity index (χ0n) is 11.6. The summed E-state index contributed by atoms with van der Waals surface area (Å²) in [6, 6.07) is 11.1. The van der Waals surface area contributed by atoms with Gasteiger partial charge in [-0.2, -0.15) is 0 Å². The van der Waals surface area contributed by atoms with Crippen LogP contribution in [-0.2, 0) is 0 Å². The fourth-order valence-corrected chi connectivity index (χ4v) is 3.82. The molecule has 0 aliphatic heterocycles. The van der Waals surface area contributed by atoms with E-state index in [9.17, 15) is 5.11 Å². The first kappa shape index (κ1) is 13.5. The molecule has 4 rings (SSSR count). The lowest BCUT2D eigenvalue weighted by atomic mass is 10.1. The van der Waals surface area contributed by atoms with E-state index in [-0.39, 0.29) is 5.75 Å². The van der Waals surface area contributed by atoms with E-state index in [1.54, 1.807) is 41.4 Å². The van der Waals surface area contributed by atoms with Crippen molar-refractivity contribution < 1.29 is 5.11 Å². The fourth-order valence-electron chi connectivity index (χ4n) is 2.36. The van der Waals surface area contributed by atoms with E-state index in [0.717, 1.165) is 36.8 Å². The standard InChI is InChI=1S/C16H11N3OS2/c1-21-16-19-15-13(22-16)8-11-12(18-15)6-7-17-14(11)9-2-4-10(20)5-3-9/h2-8,20H,1H3. The summed E-state index contributed by atoms with van der Waals surface area (Å²) in [4.78, 5) is 13.7. The van der Waals surface area contributed by atoms with Crippen molar-refractivity contribution in [3.8, 4) is 17.0 Å². The molecule has 0 spiro atoms. The topological polar surface area (TPSA) is 58.9 Å². The van der Waals surface area contributed by atoms with Crippen molar-refractivity contribution in [2.24, 2.45) is 0 Å². The number of thioether (sulfide) groups is 1. The highest BCUT2D eigenvalue weighted by molar-refractivity contribution is 8.00. The third kappa shape index (κ3) is 2.20. The molecule has 0 aliphatic carbocycles. The molecule has 1 aromatic carbocycles. The van der Waals surface area contributed by atoms with Crippen LogP contribution in [0, 0.1) is 0 Å². The summed E-state index contributed by atoms with van der Waals surface area (Å²) in [6.45, 7) is 0. The lowest BCUT2D eigenvalue weighted by Crippen LogP contribution is -1.88. The average molecular weight is 325 g/mol. The highest BCUT2D eigenvalue weighted by Crippen LogP contribution is 2.33. The van der Waals surface area contributed by atoms with Crippen molar-refractivity contribution >= 4 is 44.3 Å². The van der Waals surface area contributed by atoms with Crippen LogP contribution in [0.25, 0.3) is 32.5 Å². The van der Waals surface area contributed by atoms with Crippen molar-refractivity contribution in [2.75, 3.05) is 6.26 Å². The van der Waals surface area contributed by atoms with Gasteiger partial charge < -0.3 is 5.11 Å². The lowest BCUT2D eigenvalue weighted by molar-refractivity contribution is 0.475. The molecule has 3 aromatic heterocycles. The van der Waals surface area contributed by atoms with Gasteiger partial charge in [-0.05, 0) is 42.7 Å². The molecule has 0 saturated carbocycles. The number of hydrogen-bond acceptors (Lipinski definition) is 6. The summed E-state index contributed by atoms with van der Waals surface area (Å²) in [5.74, 6) is 0.247. The van der Waals surface area contributed by atoms with Gasteiger partial charge in [0, 0.05) is 17.1 Å². The minimum absolute atomic E-state index is 0.247. The molecule has 0 amide bonds. The van der Waals surface area contributed by atoms with Gasteiger partial charge in [0.25, 0.3) is 0 Å². The fraction of sp³-hybridized carbons (Fsp3) is 0.0625. The molecule has 3 heterocycles. The van der Waals surface area contributed by atoms with Crippen molar-refractivity contribution in [3.05, 3.63) is 42.6 Å². The van der Waals surface area contributed by atoms with Gasteiger partial charge in [-0.1, -0.05) is 11.8 Å². The predicted octanol–water partition coefficient (Wildman–Crippen LogP) is 4.33. The summed E-state index contributed by atoms with van der Waals surface area (Å²) in [7, 11) is 0. The summed E-state index contributed by atoms with van der Waals surface area (Å²) >= 11 is 3.27. The minimum atomic E-state index is 0.247. The van der Waals surface area contributed by atoms with Crippen molar-refractivity contribution in [2.45, 2.75) is 4.34 Å². The van der Waals surface area contributed by atoms with Gasteiger partial charge in [0.2, 0.25) is 0 Å². The van der Waals surface area contributed by atoms with Crippen LogP contribution in [0.4, 0.5) is 0 Å². The second-order valence-electron chi connectivity index (χ2n) is 4.77. The lowest BCUT2D eigenvalue weighted by Gasteiger charge is -2.05. The Morgan fingerprint density at radius 1 is 1.09 bits per heavy atom. The number of nitrogens with zero attached hydrogens (tertiary/aromatic N) is 3. The molecule has 108 valence electrons. The van der Waals surface area contributed by atoms with Crippen molar-refractivity contribution in [3.63, 3.8) is 0 Å². The molecule has 0 atom stereocenters. The third-order valence-electron chi connectivity index (χ3n) is 3.40. The Morgan fingerprint density at radius 3 is 2.68 bits per heavy atom. The SMILES string of the molecule is CSc1nc2nc3ccnc(-c4ccc(O)cc4)c3cc2s1. The molecule has 0 unspecified atom stereocenters. The van der Waals surface area contributed by atoms with Crippen LogP contribution in [0.2, 0.25) is 0 Å². The zero-order chi connectivity index (χ0) is 15.1. The molecule has 4 nitrogen and oxygen atoms in total. The van der Waals surface area contributed by atoms with Gasteiger partial charge in [0.1, 0.15) is 5.75 Å². The first-order valence-electron chi connectivity index (χ1n) is 6.64. The van der Waals surface area contributed by atoms with Crippen LogP contribution < -0.4 is 0 Å². The van der Waals surface area contributed by atoms with Crippen LogP contribution in [0.1, 0.15) is 0 Å². The second-order valence-corrected chi connectivity index (χ2v) is 6.85. The predicted molar refractivity (Wildman–Crippen MR) is 91.6 cm³/mol. The number of phenolic OH excluding ortho intramolecular Hbond substituents is 1. The van der Waals surface area contributed by atoms with Crippen LogP contribution in [0.15, 0.2) is 46.9 Å². The maximum absolute atomic E-state index is 9.45. The number of thiazole rings is 1. The molecular formula is C16H11N3OS2. The van der Waals surface area contributed by atoms with Gasteiger partial charge in [0.15, 0.2) is 9.99 Å². The molecular weight excluding hydrogens is 314 g/mol. The minimum Gasteiger partial charge on any atom is -0.508 e. The van der Waals surface area contributed by atoms with Crippen LogP contribution in [0.3, 0.4) is 0 Å². The molecule has 0 fully saturated rings. The Morgan fingerprint density at radius 2 is 1.91 bits per heavy atom. The highest BCUT2D eigenvalue weighted by Gasteiger charge is 2.11. The normalized spacial score (nSPS) is 11.3. The Kier molecular flexibility index (Phi) is 3.20. The number of fused-ring (bicyclic) bond motifs is 2. The number of rotatable bonds is 2. The Bertz CT molecular complexity index is 980. The molecule has 6 heteroatoms.